The van der Waals surface area contributed by atoms with Crippen LogP contribution in [0.4, 0.5) is 0 Å². The third-order valence-electron chi connectivity index (χ3n) is 3.14. The zero-order valence-corrected chi connectivity index (χ0v) is 13.7. The Morgan fingerprint density at radius 1 is 1.00 bits per heavy atom. The van der Waals surface area contributed by atoms with Gasteiger partial charge in [-0.05, 0) is 12.1 Å². The quantitative estimate of drug-likeness (QED) is 0.609. The van der Waals surface area contributed by atoms with Crippen LogP contribution in [0.2, 0.25) is 5.02 Å². The fourth-order valence-electron chi connectivity index (χ4n) is 1.92. The maximum absolute atomic E-state index is 12.3. The smallest absolute Gasteiger partial charge is 0.359 e. The number of hydrogen-bond acceptors (Lipinski definition) is 5. The van der Waals surface area contributed by atoms with Crippen molar-refractivity contribution in [3.63, 3.8) is 0 Å². The molecule has 0 bridgehead atoms. The van der Waals surface area contributed by atoms with Gasteiger partial charge in [0, 0.05) is 12.0 Å². The van der Waals surface area contributed by atoms with E-state index in [1.165, 1.54) is 12.1 Å². The third-order valence-corrected chi connectivity index (χ3v) is 3.47. The van der Waals surface area contributed by atoms with Gasteiger partial charge in [0.2, 0.25) is 6.10 Å². The molecule has 0 spiro atoms. The number of esters is 3. The molecule has 24 heavy (non-hydrogen) atoms. The van der Waals surface area contributed by atoms with E-state index in [0.29, 0.717) is 5.56 Å². The van der Waals surface area contributed by atoms with Crippen LogP contribution in [-0.2, 0) is 19.1 Å². The Kier molecular flexibility index (Phi) is 6.09. The first-order valence-corrected chi connectivity index (χ1v) is 7.65. The van der Waals surface area contributed by atoms with Gasteiger partial charge in [-0.3, -0.25) is 4.79 Å². The first-order valence-electron chi connectivity index (χ1n) is 7.28. The zero-order valence-electron chi connectivity index (χ0n) is 12.9. The van der Waals surface area contributed by atoms with Gasteiger partial charge in [0.05, 0.1) is 10.6 Å². The monoisotopic (exact) mass is 346 g/mol. The second-order valence-corrected chi connectivity index (χ2v) is 5.23. The van der Waals surface area contributed by atoms with Crippen LogP contribution in [0.1, 0.15) is 35.4 Å². The second kappa shape index (κ2) is 8.26. The highest BCUT2D eigenvalue weighted by Gasteiger charge is 2.29. The van der Waals surface area contributed by atoms with E-state index in [0.717, 1.165) is 0 Å². The summed E-state index contributed by atoms with van der Waals surface area (Å²) in [7, 11) is 0. The zero-order chi connectivity index (χ0) is 17.5. The van der Waals surface area contributed by atoms with Gasteiger partial charge in [-0.25, -0.2) is 9.59 Å². The number of halogens is 1. The first kappa shape index (κ1) is 17.7. The maximum atomic E-state index is 12.3. The lowest BCUT2D eigenvalue weighted by Crippen LogP contribution is -2.24. The van der Waals surface area contributed by atoms with Crippen molar-refractivity contribution in [2.45, 2.75) is 19.4 Å². The Labute approximate surface area is 144 Å². The van der Waals surface area contributed by atoms with Gasteiger partial charge in [0.15, 0.2) is 0 Å². The number of benzene rings is 2. The Bertz CT molecular complexity index is 742. The summed E-state index contributed by atoms with van der Waals surface area (Å²) in [6.45, 7) is 1.56. The Morgan fingerprint density at radius 3 is 2.25 bits per heavy atom. The summed E-state index contributed by atoms with van der Waals surface area (Å²) in [6.07, 6.45) is -1.32. The molecule has 0 saturated carbocycles. The molecule has 0 aliphatic rings. The number of rotatable bonds is 5. The van der Waals surface area contributed by atoms with Crippen molar-refractivity contribution in [2.75, 3.05) is 0 Å². The lowest BCUT2D eigenvalue weighted by molar-refractivity contribution is -0.166. The lowest BCUT2D eigenvalue weighted by atomic mass is 10.1. The molecule has 0 saturated heterocycles. The van der Waals surface area contributed by atoms with Crippen LogP contribution in [0.5, 0.6) is 0 Å². The topological polar surface area (TPSA) is 69.7 Å². The van der Waals surface area contributed by atoms with Gasteiger partial charge in [-0.2, -0.15) is 0 Å². The van der Waals surface area contributed by atoms with E-state index in [9.17, 15) is 14.4 Å². The molecule has 0 aliphatic carbocycles. The Balaban J connectivity index is 2.26. The minimum absolute atomic E-state index is 0.0334. The molecule has 0 heterocycles. The fraction of sp³-hybridized carbons (Fsp3) is 0.167. The molecule has 2 aromatic rings. The fourth-order valence-corrected chi connectivity index (χ4v) is 2.13. The summed E-state index contributed by atoms with van der Waals surface area (Å²) in [4.78, 5) is 35.9. The standard InChI is InChI=1S/C18H15ClO5/c1-2-15(20)23-18(22)16(12-8-4-3-5-9-12)24-17(21)13-10-6-7-11-14(13)19/h3-11,16H,2H2,1H3. The van der Waals surface area contributed by atoms with E-state index in [4.69, 9.17) is 21.1 Å². The maximum Gasteiger partial charge on any atom is 0.359 e. The van der Waals surface area contributed by atoms with Crippen LogP contribution < -0.4 is 0 Å². The van der Waals surface area contributed by atoms with E-state index in [1.807, 2.05) is 0 Å². The van der Waals surface area contributed by atoms with Crippen molar-refractivity contribution in [1.29, 1.82) is 0 Å². The average molecular weight is 347 g/mol. The van der Waals surface area contributed by atoms with Crippen LogP contribution in [0.15, 0.2) is 54.6 Å². The molecular weight excluding hydrogens is 332 g/mol. The van der Waals surface area contributed by atoms with E-state index in [-0.39, 0.29) is 17.0 Å². The van der Waals surface area contributed by atoms with Gasteiger partial charge in [-0.1, -0.05) is 61.0 Å². The molecule has 0 fully saturated rings. The van der Waals surface area contributed by atoms with Crippen molar-refractivity contribution < 1.29 is 23.9 Å². The molecule has 6 heteroatoms. The van der Waals surface area contributed by atoms with Crippen LogP contribution >= 0.6 is 11.6 Å². The number of carbonyl (C=O) groups is 3. The number of carbonyl (C=O) groups excluding carboxylic acids is 3. The lowest BCUT2D eigenvalue weighted by Gasteiger charge is -2.16. The van der Waals surface area contributed by atoms with Gasteiger partial charge < -0.3 is 9.47 Å². The van der Waals surface area contributed by atoms with Gasteiger partial charge in [0.1, 0.15) is 0 Å². The average Bonchev–Trinajstić information content (AvgIpc) is 2.60. The van der Waals surface area contributed by atoms with Gasteiger partial charge >= 0.3 is 17.9 Å². The predicted octanol–water partition coefficient (Wildman–Crippen LogP) is 3.72. The molecule has 1 atom stereocenters. The Morgan fingerprint density at radius 2 is 1.62 bits per heavy atom. The van der Waals surface area contributed by atoms with Gasteiger partial charge in [-0.15, -0.1) is 0 Å². The minimum atomic E-state index is -1.36. The molecule has 2 rings (SSSR count). The summed E-state index contributed by atoms with van der Waals surface area (Å²) >= 11 is 5.96. The van der Waals surface area contributed by atoms with Crippen LogP contribution in [0.3, 0.4) is 0 Å². The number of ether oxygens (including phenoxy) is 2. The molecule has 0 aliphatic heterocycles. The third kappa shape index (κ3) is 4.43. The molecule has 0 aromatic heterocycles. The molecular formula is C18H15ClO5. The van der Waals surface area contributed by atoms with E-state index in [1.54, 1.807) is 49.4 Å². The van der Waals surface area contributed by atoms with Crippen molar-refractivity contribution in [1.82, 2.24) is 0 Å². The molecule has 124 valence electrons. The van der Waals surface area contributed by atoms with Crippen molar-refractivity contribution in [2.24, 2.45) is 0 Å². The largest absolute Gasteiger partial charge is 0.442 e. The number of hydrogen-bond donors (Lipinski definition) is 0. The van der Waals surface area contributed by atoms with Crippen molar-refractivity contribution >= 4 is 29.5 Å². The predicted molar refractivity (Wildman–Crippen MR) is 87.4 cm³/mol. The minimum Gasteiger partial charge on any atom is -0.442 e. The first-order chi connectivity index (χ1) is 11.5. The molecule has 0 radical (unpaired) electrons. The molecule has 0 amide bonds. The molecule has 5 nitrogen and oxygen atoms in total. The highest BCUT2D eigenvalue weighted by Crippen LogP contribution is 2.23. The summed E-state index contributed by atoms with van der Waals surface area (Å²) in [5.41, 5.74) is 0.515. The molecule has 0 N–H and O–H groups in total. The van der Waals surface area contributed by atoms with E-state index < -0.39 is 24.0 Å². The second-order valence-electron chi connectivity index (χ2n) is 4.82. The summed E-state index contributed by atoms with van der Waals surface area (Å²) in [5, 5.41) is 0.201. The SMILES string of the molecule is CCC(=O)OC(=O)C(OC(=O)c1ccccc1Cl)c1ccccc1. The van der Waals surface area contributed by atoms with Crippen LogP contribution in [-0.4, -0.2) is 17.9 Å². The summed E-state index contributed by atoms with van der Waals surface area (Å²) in [6, 6.07) is 14.6. The van der Waals surface area contributed by atoms with E-state index >= 15 is 0 Å². The Hall–Kier alpha value is -2.66. The summed E-state index contributed by atoms with van der Waals surface area (Å²) < 4.78 is 9.96. The normalized spacial score (nSPS) is 11.4. The summed E-state index contributed by atoms with van der Waals surface area (Å²) in [5.74, 6) is -2.43. The van der Waals surface area contributed by atoms with Gasteiger partial charge in [0.25, 0.3) is 0 Å². The van der Waals surface area contributed by atoms with Crippen molar-refractivity contribution in [3.8, 4) is 0 Å². The highest BCUT2D eigenvalue weighted by atomic mass is 35.5. The highest BCUT2D eigenvalue weighted by molar-refractivity contribution is 6.33. The van der Waals surface area contributed by atoms with E-state index in [2.05, 4.69) is 0 Å². The molecule has 2 aromatic carbocycles. The van der Waals surface area contributed by atoms with Crippen LogP contribution in [0, 0.1) is 0 Å². The molecule has 1 unspecified atom stereocenters. The van der Waals surface area contributed by atoms with Crippen molar-refractivity contribution in [3.05, 3.63) is 70.7 Å². The van der Waals surface area contributed by atoms with Crippen LogP contribution in [0.25, 0.3) is 0 Å².